The molecule has 0 saturated carbocycles. The van der Waals surface area contributed by atoms with Gasteiger partial charge < -0.3 is 15.4 Å². The van der Waals surface area contributed by atoms with Gasteiger partial charge in [-0.05, 0) is 0 Å². The molecule has 0 aliphatic heterocycles. The van der Waals surface area contributed by atoms with Crippen molar-refractivity contribution in [1.29, 1.82) is 0 Å². The molecule has 0 unspecified atom stereocenters. The summed E-state index contributed by atoms with van der Waals surface area (Å²) in [5, 5.41) is 20.3. The molecule has 3 N–H and O–H groups in total. The summed E-state index contributed by atoms with van der Waals surface area (Å²) in [5.74, 6) is 0. The van der Waals surface area contributed by atoms with Gasteiger partial charge in [0.1, 0.15) is 0 Å². The molecule has 4 heteroatoms. The second kappa shape index (κ2) is 4.55. The lowest BCUT2D eigenvalue weighted by Gasteiger charge is -2.16. The van der Waals surface area contributed by atoms with Gasteiger partial charge in [-0.2, -0.15) is 0 Å². The van der Waals surface area contributed by atoms with E-state index in [-0.39, 0.29) is 12.6 Å². The maximum Gasteiger partial charge on any atom is 0.182 e. The van der Waals surface area contributed by atoms with Crippen LogP contribution in [0.25, 0.3) is 0 Å². The van der Waals surface area contributed by atoms with Crippen LogP contribution in [-0.2, 0) is 0 Å². The molecule has 0 heterocycles. The van der Waals surface area contributed by atoms with Crippen molar-refractivity contribution in [3.8, 4) is 0 Å². The zero-order valence-corrected chi connectivity index (χ0v) is 5.54. The Labute approximate surface area is 55.8 Å². The highest BCUT2D eigenvalue weighted by atomic mass is 16.3. The Morgan fingerprint density at radius 1 is 1.78 bits per heavy atom. The second-order valence-electron chi connectivity index (χ2n) is 1.80. The van der Waals surface area contributed by atoms with Crippen molar-refractivity contribution in [1.82, 2.24) is 5.23 Å². The Balaban J connectivity index is 3.63. The lowest BCUT2D eigenvalue weighted by Crippen LogP contribution is -2.40. The molecule has 52 valence electrons. The standard InChI is InChI=1S/C5H12BNO2/c1-2-5(9)4(3-8)7-6/h2,4-5,7-9H,1,3,6H2/t4-,5+/m0/s1. The van der Waals surface area contributed by atoms with Crippen LogP contribution in [0.3, 0.4) is 0 Å². The minimum absolute atomic E-state index is 0.0797. The summed E-state index contributed by atoms with van der Waals surface area (Å²) in [6, 6.07) is -0.289. The van der Waals surface area contributed by atoms with Crippen molar-refractivity contribution in [2.75, 3.05) is 6.61 Å². The largest absolute Gasteiger partial charge is 0.395 e. The smallest absolute Gasteiger partial charge is 0.182 e. The first kappa shape index (κ1) is 8.68. The van der Waals surface area contributed by atoms with Crippen molar-refractivity contribution in [3.05, 3.63) is 12.7 Å². The molecule has 0 aromatic carbocycles. The van der Waals surface area contributed by atoms with E-state index in [2.05, 4.69) is 11.8 Å². The Hall–Kier alpha value is -0.315. The van der Waals surface area contributed by atoms with E-state index in [0.717, 1.165) is 0 Å². The number of hydrogen-bond acceptors (Lipinski definition) is 3. The van der Waals surface area contributed by atoms with Gasteiger partial charge in [0.15, 0.2) is 7.98 Å². The van der Waals surface area contributed by atoms with E-state index in [4.69, 9.17) is 10.2 Å². The van der Waals surface area contributed by atoms with Crippen LogP contribution in [-0.4, -0.2) is 36.9 Å². The topological polar surface area (TPSA) is 52.5 Å². The molecular weight excluding hydrogens is 117 g/mol. The van der Waals surface area contributed by atoms with Crippen molar-refractivity contribution < 1.29 is 10.2 Å². The average Bonchev–Trinajstić information content (AvgIpc) is 1.90. The van der Waals surface area contributed by atoms with Gasteiger partial charge in [0.05, 0.1) is 12.7 Å². The van der Waals surface area contributed by atoms with Gasteiger partial charge in [-0.15, -0.1) is 6.58 Å². The third kappa shape index (κ3) is 2.65. The number of aliphatic hydroxyl groups is 2. The van der Waals surface area contributed by atoms with Gasteiger partial charge in [0, 0.05) is 6.04 Å². The van der Waals surface area contributed by atoms with E-state index in [1.807, 2.05) is 0 Å². The Kier molecular flexibility index (Phi) is 4.39. The van der Waals surface area contributed by atoms with Crippen LogP contribution in [0.1, 0.15) is 0 Å². The molecule has 0 saturated heterocycles. The molecule has 9 heavy (non-hydrogen) atoms. The molecular formula is C5H12BNO2. The summed E-state index contributed by atoms with van der Waals surface area (Å²) in [6.07, 6.45) is 0.720. The number of hydrogen-bond donors (Lipinski definition) is 3. The molecule has 0 rings (SSSR count). The molecule has 0 spiro atoms. The third-order valence-electron chi connectivity index (χ3n) is 1.22. The van der Waals surface area contributed by atoms with Crippen LogP contribution in [0.15, 0.2) is 12.7 Å². The Morgan fingerprint density at radius 2 is 2.33 bits per heavy atom. The fourth-order valence-electron chi connectivity index (χ4n) is 0.534. The van der Waals surface area contributed by atoms with E-state index < -0.39 is 6.10 Å². The molecule has 2 atom stereocenters. The van der Waals surface area contributed by atoms with Gasteiger partial charge in [0.2, 0.25) is 0 Å². The van der Waals surface area contributed by atoms with Gasteiger partial charge >= 0.3 is 0 Å². The average molecular weight is 129 g/mol. The predicted molar refractivity (Wildman–Crippen MR) is 38.8 cm³/mol. The third-order valence-corrected chi connectivity index (χ3v) is 1.22. The fraction of sp³-hybridized carbons (Fsp3) is 0.600. The SMILES string of the molecule is BN[C@@H](CO)[C@H](O)C=C. The van der Waals surface area contributed by atoms with E-state index >= 15 is 0 Å². The van der Waals surface area contributed by atoms with Crippen LogP contribution in [0.4, 0.5) is 0 Å². The molecule has 0 bridgehead atoms. The molecule has 0 aromatic rings. The Bertz CT molecular complexity index is 85.0. The Morgan fingerprint density at radius 3 is 2.44 bits per heavy atom. The maximum atomic E-state index is 8.98. The molecule has 0 aliphatic rings. The van der Waals surface area contributed by atoms with Crippen molar-refractivity contribution >= 4 is 7.98 Å². The first-order valence-corrected chi connectivity index (χ1v) is 2.85. The molecule has 0 radical (unpaired) electrons. The zero-order chi connectivity index (χ0) is 7.28. The predicted octanol–water partition coefficient (Wildman–Crippen LogP) is -1.97. The molecule has 0 aliphatic carbocycles. The van der Waals surface area contributed by atoms with E-state index in [9.17, 15) is 0 Å². The second-order valence-corrected chi connectivity index (χ2v) is 1.80. The van der Waals surface area contributed by atoms with Gasteiger partial charge in [-0.1, -0.05) is 6.08 Å². The summed E-state index contributed by atoms with van der Waals surface area (Å²) in [6.45, 7) is 3.30. The molecule has 3 nitrogen and oxygen atoms in total. The minimum Gasteiger partial charge on any atom is -0.395 e. The summed E-state index contributed by atoms with van der Waals surface area (Å²) in [5.41, 5.74) is 0. The van der Waals surface area contributed by atoms with Crippen LogP contribution in [0.5, 0.6) is 0 Å². The highest BCUT2D eigenvalue weighted by Gasteiger charge is 2.10. The number of nitrogens with one attached hydrogen (secondary N) is 1. The maximum absolute atomic E-state index is 8.98. The van der Waals surface area contributed by atoms with Crippen molar-refractivity contribution in [2.24, 2.45) is 0 Å². The van der Waals surface area contributed by atoms with E-state index in [1.54, 1.807) is 7.98 Å². The number of rotatable bonds is 4. The first-order chi connectivity index (χ1) is 4.26. The molecule has 0 aromatic heterocycles. The monoisotopic (exact) mass is 129 g/mol. The fourth-order valence-corrected chi connectivity index (χ4v) is 0.534. The summed E-state index contributed by atoms with van der Waals surface area (Å²) < 4.78 is 0. The normalized spacial score (nSPS) is 16.7. The van der Waals surface area contributed by atoms with Gasteiger partial charge in [-0.3, -0.25) is 0 Å². The van der Waals surface area contributed by atoms with Gasteiger partial charge in [-0.25, -0.2) is 0 Å². The van der Waals surface area contributed by atoms with Crippen LogP contribution < -0.4 is 5.23 Å². The zero-order valence-electron chi connectivity index (χ0n) is 5.54. The molecule has 0 amide bonds. The highest BCUT2D eigenvalue weighted by Crippen LogP contribution is 1.90. The van der Waals surface area contributed by atoms with E-state index in [0.29, 0.717) is 0 Å². The lowest BCUT2D eigenvalue weighted by molar-refractivity contribution is 0.136. The lowest BCUT2D eigenvalue weighted by atomic mass is 10.1. The number of aliphatic hydroxyl groups excluding tert-OH is 2. The minimum atomic E-state index is -0.667. The quantitative estimate of drug-likeness (QED) is 0.305. The van der Waals surface area contributed by atoms with Crippen LogP contribution in [0, 0.1) is 0 Å². The summed E-state index contributed by atoms with van der Waals surface area (Å²) in [4.78, 5) is 0. The van der Waals surface area contributed by atoms with Crippen molar-refractivity contribution in [2.45, 2.75) is 12.1 Å². The molecule has 0 fully saturated rings. The van der Waals surface area contributed by atoms with Crippen LogP contribution in [0.2, 0.25) is 0 Å². The van der Waals surface area contributed by atoms with Crippen LogP contribution >= 0.6 is 0 Å². The van der Waals surface area contributed by atoms with E-state index in [1.165, 1.54) is 6.08 Å². The summed E-state index contributed by atoms with van der Waals surface area (Å²) in [7, 11) is 1.67. The van der Waals surface area contributed by atoms with Gasteiger partial charge in [0.25, 0.3) is 0 Å². The summed E-state index contributed by atoms with van der Waals surface area (Å²) >= 11 is 0. The highest BCUT2D eigenvalue weighted by molar-refractivity contribution is 6.04. The van der Waals surface area contributed by atoms with Crippen molar-refractivity contribution in [3.63, 3.8) is 0 Å². The first-order valence-electron chi connectivity index (χ1n) is 2.85.